The van der Waals surface area contributed by atoms with Crippen molar-refractivity contribution < 1.29 is 12.6 Å². The standard InChI is InChI=1S/C17H16O3S2/c1-13-6-8-15(9-7-13)22(18,19)20-11-10-14-12-21-17-5-3-2-4-16(14)17/h2-9,12H,10-11H2,1H3. The van der Waals surface area contributed by atoms with Crippen molar-refractivity contribution in [2.24, 2.45) is 0 Å². The number of benzene rings is 2. The van der Waals surface area contributed by atoms with Crippen LogP contribution >= 0.6 is 11.3 Å². The zero-order valence-corrected chi connectivity index (χ0v) is 13.8. The normalized spacial score (nSPS) is 11.9. The maximum Gasteiger partial charge on any atom is 0.296 e. The van der Waals surface area contributed by atoms with E-state index in [9.17, 15) is 8.42 Å². The first-order chi connectivity index (χ1) is 10.6. The summed E-state index contributed by atoms with van der Waals surface area (Å²) in [7, 11) is -3.68. The SMILES string of the molecule is Cc1ccc(S(=O)(=O)OCCc2csc3ccccc23)cc1. The molecule has 3 aromatic rings. The highest BCUT2D eigenvalue weighted by molar-refractivity contribution is 7.86. The largest absolute Gasteiger partial charge is 0.296 e. The minimum atomic E-state index is -3.68. The molecule has 114 valence electrons. The average molecular weight is 332 g/mol. The quantitative estimate of drug-likeness (QED) is 0.659. The van der Waals surface area contributed by atoms with Crippen LogP contribution in [0.4, 0.5) is 0 Å². The highest BCUT2D eigenvalue weighted by Crippen LogP contribution is 2.26. The highest BCUT2D eigenvalue weighted by atomic mass is 32.2. The average Bonchev–Trinajstić information content (AvgIpc) is 2.91. The van der Waals surface area contributed by atoms with Gasteiger partial charge in [-0.3, -0.25) is 4.18 Å². The first-order valence-electron chi connectivity index (χ1n) is 6.97. The summed E-state index contributed by atoms with van der Waals surface area (Å²) in [6.45, 7) is 2.07. The summed E-state index contributed by atoms with van der Waals surface area (Å²) < 4.78 is 30.6. The number of thiophene rings is 1. The van der Waals surface area contributed by atoms with Crippen LogP contribution in [0.3, 0.4) is 0 Å². The predicted octanol–water partition coefficient (Wildman–Crippen LogP) is 4.16. The van der Waals surface area contributed by atoms with Crippen molar-refractivity contribution in [2.45, 2.75) is 18.2 Å². The molecular formula is C17H16O3S2. The summed E-state index contributed by atoms with van der Waals surface area (Å²) >= 11 is 1.66. The maximum atomic E-state index is 12.1. The zero-order valence-electron chi connectivity index (χ0n) is 12.2. The lowest BCUT2D eigenvalue weighted by Gasteiger charge is -2.06. The van der Waals surface area contributed by atoms with Crippen LogP contribution in [0.15, 0.2) is 58.8 Å². The lowest BCUT2D eigenvalue weighted by Crippen LogP contribution is -2.09. The fourth-order valence-electron chi connectivity index (χ4n) is 2.26. The fourth-order valence-corrected chi connectivity index (χ4v) is 4.17. The molecule has 0 spiro atoms. The molecule has 0 radical (unpaired) electrons. The molecule has 0 atom stereocenters. The molecule has 0 amide bonds. The van der Waals surface area contributed by atoms with Crippen molar-refractivity contribution in [1.29, 1.82) is 0 Å². The number of rotatable bonds is 5. The lowest BCUT2D eigenvalue weighted by atomic mass is 10.1. The van der Waals surface area contributed by atoms with E-state index in [2.05, 4.69) is 17.5 Å². The van der Waals surface area contributed by atoms with Crippen LogP contribution in [0.25, 0.3) is 10.1 Å². The smallest absolute Gasteiger partial charge is 0.266 e. The van der Waals surface area contributed by atoms with E-state index in [1.54, 1.807) is 35.6 Å². The Morgan fingerprint density at radius 3 is 2.55 bits per heavy atom. The monoisotopic (exact) mass is 332 g/mol. The van der Waals surface area contributed by atoms with Crippen molar-refractivity contribution in [2.75, 3.05) is 6.61 Å². The van der Waals surface area contributed by atoms with Crippen molar-refractivity contribution in [3.05, 3.63) is 65.0 Å². The predicted molar refractivity (Wildman–Crippen MR) is 89.8 cm³/mol. The molecule has 0 unspecified atom stereocenters. The first-order valence-corrected chi connectivity index (χ1v) is 9.26. The topological polar surface area (TPSA) is 43.4 Å². The van der Waals surface area contributed by atoms with Gasteiger partial charge in [0.15, 0.2) is 0 Å². The van der Waals surface area contributed by atoms with E-state index in [4.69, 9.17) is 4.18 Å². The number of aryl methyl sites for hydroxylation is 1. The molecule has 0 bridgehead atoms. The molecular weight excluding hydrogens is 316 g/mol. The molecule has 1 heterocycles. The summed E-state index contributed by atoms with van der Waals surface area (Å²) in [6, 6.07) is 14.8. The van der Waals surface area contributed by atoms with E-state index in [0.717, 1.165) is 11.1 Å². The van der Waals surface area contributed by atoms with E-state index in [-0.39, 0.29) is 11.5 Å². The molecule has 1 aromatic heterocycles. The van der Waals surface area contributed by atoms with Crippen molar-refractivity contribution in [3.8, 4) is 0 Å². The number of fused-ring (bicyclic) bond motifs is 1. The van der Waals surface area contributed by atoms with E-state index < -0.39 is 10.1 Å². The summed E-state index contributed by atoms with van der Waals surface area (Å²) in [4.78, 5) is 0.202. The third-order valence-electron chi connectivity index (χ3n) is 3.48. The van der Waals surface area contributed by atoms with Crippen LogP contribution in [-0.4, -0.2) is 15.0 Å². The molecule has 2 aromatic carbocycles. The summed E-state index contributed by atoms with van der Waals surface area (Å²) in [5.41, 5.74) is 2.14. The number of hydrogen-bond acceptors (Lipinski definition) is 4. The summed E-state index contributed by atoms with van der Waals surface area (Å²) in [5.74, 6) is 0. The van der Waals surface area contributed by atoms with Gasteiger partial charge in [0.05, 0.1) is 11.5 Å². The van der Waals surface area contributed by atoms with Gasteiger partial charge < -0.3 is 0 Å². The second-order valence-electron chi connectivity index (χ2n) is 5.10. The molecule has 0 aliphatic rings. The van der Waals surface area contributed by atoms with Crippen LogP contribution in [0, 0.1) is 6.92 Å². The first kappa shape index (κ1) is 15.2. The summed E-state index contributed by atoms with van der Waals surface area (Å²) in [6.07, 6.45) is 0.578. The van der Waals surface area contributed by atoms with Gasteiger partial charge in [-0.1, -0.05) is 35.9 Å². The maximum absolute atomic E-state index is 12.1. The summed E-state index contributed by atoms with van der Waals surface area (Å²) in [5, 5.41) is 3.23. The van der Waals surface area contributed by atoms with E-state index in [1.807, 2.05) is 19.1 Å². The van der Waals surface area contributed by atoms with Crippen LogP contribution in [0.5, 0.6) is 0 Å². The van der Waals surface area contributed by atoms with Gasteiger partial charge >= 0.3 is 0 Å². The van der Waals surface area contributed by atoms with Gasteiger partial charge in [-0.05, 0) is 47.9 Å². The molecule has 0 fully saturated rings. The number of hydrogen-bond donors (Lipinski definition) is 0. The zero-order chi connectivity index (χ0) is 15.6. The van der Waals surface area contributed by atoms with Gasteiger partial charge in [-0.2, -0.15) is 8.42 Å². The second kappa shape index (κ2) is 6.20. The van der Waals surface area contributed by atoms with E-state index in [0.29, 0.717) is 6.42 Å². The van der Waals surface area contributed by atoms with Gasteiger partial charge in [0, 0.05) is 4.70 Å². The molecule has 5 heteroatoms. The Morgan fingerprint density at radius 2 is 1.77 bits per heavy atom. The van der Waals surface area contributed by atoms with Crippen LogP contribution in [0.2, 0.25) is 0 Å². The molecule has 0 aliphatic carbocycles. The molecule has 3 rings (SSSR count). The molecule has 0 aliphatic heterocycles. The van der Waals surface area contributed by atoms with Crippen molar-refractivity contribution in [1.82, 2.24) is 0 Å². The third-order valence-corrected chi connectivity index (χ3v) is 5.82. The Kier molecular flexibility index (Phi) is 4.29. The van der Waals surface area contributed by atoms with Gasteiger partial charge in [0.1, 0.15) is 0 Å². The molecule has 0 N–H and O–H groups in total. The van der Waals surface area contributed by atoms with Gasteiger partial charge in [-0.15, -0.1) is 11.3 Å². The fraction of sp³-hybridized carbons (Fsp3) is 0.176. The Labute approximate surface area is 134 Å². The van der Waals surface area contributed by atoms with Crippen LogP contribution in [0.1, 0.15) is 11.1 Å². The van der Waals surface area contributed by atoms with Crippen molar-refractivity contribution >= 4 is 31.5 Å². The second-order valence-corrected chi connectivity index (χ2v) is 7.62. The molecule has 0 saturated heterocycles. The van der Waals surface area contributed by atoms with Crippen LogP contribution < -0.4 is 0 Å². The Balaban J connectivity index is 1.68. The van der Waals surface area contributed by atoms with Gasteiger partial charge in [-0.25, -0.2) is 0 Å². The van der Waals surface area contributed by atoms with E-state index >= 15 is 0 Å². The Bertz CT molecular complexity index is 878. The molecule has 0 saturated carbocycles. The molecule has 3 nitrogen and oxygen atoms in total. The minimum Gasteiger partial charge on any atom is -0.266 e. The Hall–Kier alpha value is -1.69. The third kappa shape index (κ3) is 3.21. The minimum absolute atomic E-state index is 0.150. The van der Waals surface area contributed by atoms with Gasteiger partial charge in [0.2, 0.25) is 0 Å². The van der Waals surface area contributed by atoms with Crippen LogP contribution in [-0.2, 0) is 20.7 Å². The highest BCUT2D eigenvalue weighted by Gasteiger charge is 2.15. The lowest BCUT2D eigenvalue weighted by molar-refractivity contribution is 0.322. The molecule has 22 heavy (non-hydrogen) atoms. The van der Waals surface area contributed by atoms with Crippen molar-refractivity contribution in [3.63, 3.8) is 0 Å². The van der Waals surface area contributed by atoms with E-state index in [1.165, 1.54) is 10.1 Å². The van der Waals surface area contributed by atoms with Gasteiger partial charge in [0.25, 0.3) is 10.1 Å². The Morgan fingerprint density at radius 1 is 1.05 bits per heavy atom.